The van der Waals surface area contributed by atoms with Gasteiger partial charge in [0.05, 0.1) is 22.9 Å². The minimum atomic E-state index is -4.42. The zero-order valence-electron chi connectivity index (χ0n) is 17.9. The number of alkyl halides is 3. The van der Waals surface area contributed by atoms with Gasteiger partial charge in [0.25, 0.3) is 5.91 Å². The SMILES string of the molecule is Cc1cnc(-c2ccccn2)c(C(=O)N2C[C@@H]3C[C@@H](Nc4ccc(C(F)(F)F)cn4)[C@@H]2C3)c1. The third-order valence-corrected chi connectivity index (χ3v) is 6.33. The molecule has 2 aliphatic rings. The van der Waals surface area contributed by atoms with Crippen molar-refractivity contribution in [2.75, 3.05) is 11.9 Å². The van der Waals surface area contributed by atoms with Gasteiger partial charge in [-0.15, -0.1) is 0 Å². The number of pyridine rings is 3. The number of carbonyl (C=O) groups excluding carboxylic acids is 1. The molecule has 0 radical (unpaired) electrons. The van der Waals surface area contributed by atoms with Crippen LogP contribution in [0, 0.1) is 12.8 Å². The number of aromatic nitrogens is 3. The third kappa shape index (κ3) is 4.15. The molecule has 0 aromatic carbocycles. The fourth-order valence-corrected chi connectivity index (χ4v) is 4.84. The lowest BCUT2D eigenvalue weighted by Crippen LogP contribution is -2.48. The lowest BCUT2D eigenvalue weighted by molar-refractivity contribution is -0.137. The van der Waals surface area contributed by atoms with Crippen molar-refractivity contribution in [2.24, 2.45) is 5.92 Å². The summed E-state index contributed by atoms with van der Waals surface area (Å²) >= 11 is 0. The summed E-state index contributed by atoms with van der Waals surface area (Å²) < 4.78 is 38.5. The summed E-state index contributed by atoms with van der Waals surface area (Å²) in [5.41, 5.74) is 1.78. The van der Waals surface area contributed by atoms with Gasteiger partial charge in [0.15, 0.2) is 0 Å². The molecule has 5 rings (SSSR count). The second kappa shape index (κ2) is 8.13. The maximum Gasteiger partial charge on any atom is 0.417 e. The molecule has 1 N–H and O–H groups in total. The number of piperidine rings is 1. The maximum atomic E-state index is 13.6. The Labute approximate surface area is 188 Å². The number of nitrogens with zero attached hydrogens (tertiary/aromatic N) is 4. The van der Waals surface area contributed by atoms with Gasteiger partial charge in [-0.05, 0) is 61.6 Å². The average molecular weight is 453 g/mol. The Kier molecular flexibility index (Phi) is 5.26. The number of fused-ring (bicyclic) bond motifs is 2. The van der Waals surface area contributed by atoms with Gasteiger partial charge in [0.2, 0.25) is 0 Å². The normalized spacial score (nSPS) is 21.9. The number of halogens is 3. The predicted molar refractivity (Wildman–Crippen MR) is 116 cm³/mol. The Balaban J connectivity index is 1.37. The maximum absolute atomic E-state index is 13.6. The summed E-state index contributed by atoms with van der Waals surface area (Å²) in [6, 6.07) is 9.54. The minimum absolute atomic E-state index is 0.0660. The van der Waals surface area contributed by atoms with Crippen molar-refractivity contribution in [3.63, 3.8) is 0 Å². The van der Waals surface area contributed by atoms with E-state index in [9.17, 15) is 18.0 Å². The topological polar surface area (TPSA) is 71.0 Å². The van der Waals surface area contributed by atoms with Crippen LogP contribution in [0.3, 0.4) is 0 Å². The fraction of sp³-hybridized carbons (Fsp3) is 0.333. The van der Waals surface area contributed by atoms with Crippen molar-refractivity contribution in [2.45, 2.75) is 38.0 Å². The molecule has 3 aromatic heterocycles. The molecule has 3 aromatic rings. The summed E-state index contributed by atoms with van der Waals surface area (Å²) in [4.78, 5) is 28.3. The second-order valence-corrected chi connectivity index (χ2v) is 8.67. The minimum Gasteiger partial charge on any atom is -0.365 e. The number of amides is 1. The van der Waals surface area contributed by atoms with Crippen LogP contribution in [-0.2, 0) is 6.18 Å². The summed E-state index contributed by atoms with van der Waals surface area (Å²) in [5, 5.41) is 3.24. The molecule has 4 heterocycles. The Morgan fingerprint density at radius 1 is 1.09 bits per heavy atom. The van der Waals surface area contributed by atoms with E-state index in [0.29, 0.717) is 35.2 Å². The van der Waals surface area contributed by atoms with Gasteiger partial charge in [-0.1, -0.05) is 6.07 Å². The number of hydrogen-bond acceptors (Lipinski definition) is 5. The Morgan fingerprint density at radius 2 is 1.94 bits per heavy atom. The molecule has 1 saturated heterocycles. The lowest BCUT2D eigenvalue weighted by Gasteiger charge is -2.34. The quantitative estimate of drug-likeness (QED) is 0.626. The third-order valence-electron chi connectivity index (χ3n) is 6.33. The number of nitrogens with one attached hydrogen (secondary N) is 1. The smallest absolute Gasteiger partial charge is 0.365 e. The molecule has 33 heavy (non-hydrogen) atoms. The molecule has 170 valence electrons. The zero-order chi connectivity index (χ0) is 23.2. The first-order chi connectivity index (χ1) is 15.8. The van der Waals surface area contributed by atoms with Crippen molar-refractivity contribution in [1.82, 2.24) is 19.9 Å². The van der Waals surface area contributed by atoms with Crippen LogP contribution in [0.2, 0.25) is 0 Å². The monoisotopic (exact) mass is 453 g/mol. The summed E-state index contributed by atoms with van der Waals surface area (Å²) in [6.07, 6.45) is 1.49. The highest BCUT2D eigenvalue weighted by molar-refractivity contribution is 6.00. The number of anilines is 1. The predicted octanol–water partition coefficient (Wildman–Crippen LogP) is 4.58. The number of carbonyl (C=O) groups is 1. The highest BCUT2D eigenvalue weighted by Crippen LogP contribution is 2.40. The van der Waals surface area contributed by atoms with Gasteiger partial charge in [-0.3, -0.25) is 14.8 Å². The molecule has 3 atom stereocenters. The molecule has 1 aliphatic heterocycles. The van der Waals surface area contributed by atoms with Gasteiger partial charge >= 0.3 is 6.18 Å². The molecule has 1 saturated carbocycles. The van der Waals surface area contributed by atoms with E-state index in [4.69, 9.17) is 0 Å². The van der Waals surface area contributed by atoms with Gasteiger partial charge in [0.1, 0.15) is 11.5 Å². The van der Waals surface area contributed by atoms with Crippen LogP contribution >= 0.6 is 0 Å². The first-order valence-corrected chi connectivity index (χ1v) is 10.8. The highest BCUT2D eigenvalue weighted by Gasteiger charge is 2.47. The van der Waals surface area contributed by atoms with E-state index >= 15 is 0 Å². The zero-order valence-corrected chi connectivity index (χ0v) is 17.9. The number of likely N-dealkylation sites (tertiary alicyclic amines) is 1. The van der Waals surface area contributed by atoms with Crippen LogP contribution in [0.15, 0.2) is 55.0 Å². The molecular formula is C24H22F3N5O. The van der Waals surface area contributed by atoms with E-state index in [1.807, 2.05) is 36.1 Å². The first-order valence-electron chi connectivity index (χ1n) is 10.8. The highest BCUT2D eigenvalue weighted by atomic mass is 19.4. The van der Waals surface area contributed by atoms with E-state index in [2.05, 4.69) is 20.3 Å². The molecule has 2 bridgehead atoms. The van der Waals surface area contributed by atoms with Gasteiger partial charge < -0.3 is 10.2 Å². The van der Waals surface area contributed by atoms with Crippen LogP contribution < -0.4 is 5.32 Å². The Hall–Kier alpha value is -3.49. The average Bonchev–Trinajstić information content (AvgIpc) is 3.39. The van der Waals surface area contributed by atoms with Crippen LogP contribution in [-0.4, -0.2) is 44.4 Å². The molecule has 2 fully saturated rings. The van der Waals surface area contributed by atoms with Crippen LogP contribution in [0.25, 0.3) is 11.4 Å². The van der Waals surface area contributed by atoms with E-state index in [0.717, 1.165) is 30.7 Å². The van der Waals surface area contributed by atoms with E-state index in [1.54, 1.807) is 12.4 Å². The first kappa shape index (κ1) is 21.4. The largest absolute Gasteiger partial charge is 0.417 e. The van der Waals surface area contributed by atoms with E-state index in [1.165, 1.54) is 6.07 Å². The number of hydrogen-bond donors (Lipinski definition) is 1. The molecule has 9 heteroatoms. The molecule has 1 aliphatic carbocycles. The van der Waals surface area contributed by atoms with Crippen LogP contribution in [0.5, 0.6) is 0 Å². The molecule has 0 spiro atoms. The molecule has 1 amide bonds. The van der Waals surface area contributed by atoms with Crippen molar-refractivity contribution in [3.8, 4) is 11.4 Å². The van der Waals surface area contributed by atoms with Gasteiger partial charge in [0, 0.05) is 31.2 Å². The Bertz CT molecular complexity index is 1170. The number of rotatable bonds is 4. The van der Waals surface area contributed by atoms with E-state index < -0.39 is 11.7 Å². The molecule has 6 nitrogen and oxygen atoms in total. The van der Waals surface area contributed by atoms with Gasteiger partial charge in [-0.25, -0.2) is 4.98 Å². The summed E-state index contributed by atoms with van der Waals surface area (Å²) in [6.45, 7) is 2.54. The molecule has 0 unspecified atom stereocenters. The Morgan fingerprint density at radius 3 is 2.61 bits per heavy atom. The van der Waals surface area contributed by atoms with Crippen LogP contribution in [0.1, 0.15) is 34.3 Å². The standard InChI is InChI=1S/C24H22F3N5O/c1-14-8-17(22(30-11-14)18-4-2-3-7-28-18)23(33)32-13-15-9-19(20(32)10-15)31-21-6-5-16(12-29-21)24(25,26)27/h2-8,11-12,15,19-20H,9-10,13H2,1H3,(H,29,31)/t15-,19-,20+/m1/s1. The number of aryl methyl sites for hydroxylation is 1. The van der Waals surface area contributed by atoms with Crippen molar-refractivity contribution in [1.29, 1.82) is 0 Å². The van der Waals surface area contributed by atoms with Crippen molar-refractivity contribution < 1.29 is 18.0 Å². The second-order valence-electron chi connectivity index (χ2n) is 8.67. The van der Waals surface area contributed by atoms with Gasteiger partial charge in [-0.2, -0.15) is 13.2 Å². The molecular weight excluding hydrogens is 431 g/mol. The summed E-state index contributed by atoms with van der Waals surface area (Å²) in [5.74, 6) is 0.604. The van der Waals surface area contributed by atoms with E-state index in [-0.39, 0.29) is 18.0 Å². The fourth-order valence-electron chi connectivity index (χ4n) is 4.84. The van der Waals surface area contributed by atoms with Crippen LogP contribution in [0.4, 0.5) is 19.0 Å². The lowest BCUT2D eigenvalue weighted by atomic mass is 10.0. The summed E-state index contributed by atoms with van der Waals surface area (Å²) in [7, 11) is 0. The van der Waals surface area contributed by atoms with Crippen molar-refractivity contribution in [3.05, 3.63) is 71.7 Å². The van der Waals surface area contributed by atoms with Crippen molar-refractivity contribution >= 4 is 11.7 Å².